The molecule has 1 fully saturated rings. The Morgan fingerprint density at radius 3 is 2.78 bits per heavy atom. The summed E-state index contributed by atoms with van der Waals surface area (Å²) >= 11 is 9.50. The number of hydrogen-bond acceptors (Lipinski definition) is 2. The van der Waals surface area contributed by atoms with E-state index in [-0.39, 0.29) is 0 Å². The summed E-state index contributed by atoms with van der Waals surface area (Å²) in [5.74, 6) is 1.72. The lowest BCUT2D eigenvalue weighted by molar-refractivity contribution is 0.720. The summed E-state index contributed by atoms with van der Waals surface area (Å²) in [6, 6.07) is 6.33. The maximum absolute atomic E-state index is 6.21. The molecule has 3 nitrogen and oxygen atoms in total. The zero-order chi connectivity index (χ0) is 12.9. The second-order valence-electron chi connectivity index (χ2n) is 4.62. The maximum Gasteiger partial charge on any atom is 0.131 e. The van der Waals surface area contributed by atoms with E-state index in [2.05, 4.69) is 25.5 Å². The van der Waals surface area contributed by atoms with Crippen molar-refractivity contribution < 1.29 is 0 Å². The quantitative estimate of drug-likeness (QED) is 0.899. The molecule has 0 amide bonds. The first-order valence-corrected chi connectivity index (χ1v) is 7.04. The van der Waals surface area contributed by atoms with E-state index < -0.39 is 0 Å². The molecule has 94 valence electrons. The van der Waals surface area contributed by atoms with Crippen LogP contribution in [0.5, 0.6) is 0 Å². The predicted octanol–water partition coefficient (Wildman–Crippen LogP) is 4.19. The second kappa shape index (κ2) is 4.28. The summed E-state index contributed by atoms with van der Waals surface area (Å²) in [5, 5.41) is 0.672. The molecule has 1 saturated carbocycles. The Labute approximate surface area is 119 Å². The summed E-state index contributed by atoms with van der Waals surface area (Å²) < 4.78 is 3.01. The van der Waals surface area contributed by atoms with Gasteiger partial charge in [0.25, 0.3) is 0 Å². The predicted molar refractivity (Wildman–Crippen MR) is 77.8 cm³/mol. The van der Waals surface area contributed by atoms with Crippen molar-refractivity contribution in [2.45, 2.75) is 25.8 Å². The van der Waals surface area contributed by atoms with Crippen molar-refractivity contribution in [1.82, 2.24) is 9.55 Å². The number of aromatic nitrogens is 2. The van der Waals surface area contributed by atoms with Gasteiger partial charge in [-0.2, -0.15) is 0 Å². The van der Waals surface area contributed by atoms with Gasteiger partial charge in [0.2, 0.25) is 0 Å². The van der Waals surface area contributed by atoms with Crippen LogP contribution in [0, 0.1) is 6.92 Å². The van der Waals surface area contributed by atoms with Gasteiger partial charge in [-0.3, -0.25) is 0 Å². The normalized spacial score (nSPS) is 15.1. The van der Waals surface area contributed by atoms with Gasteiger partial charge in [0.1, 0.15) is 17.3 Å². The number of nitrogens with zero attached hydrogens (tertiary/aromatic N) is 2. The van der Waals surface area contributed by atoms with Crippen LogP contribution >= 0.6 is 27.5 Å². The van der Waals surface area contributed by atoms with Crippen molar-refractivity contribution in [3.8, 4) is 11.3 Å². The third-order valence-electron chi connectivity index (χ3n) is 3.23. The van der Waals surface area contributed by atoms with Crippen molar-refractivity contribution in [2.24, 2.45) is 0 Å². The molecule has 0 radical (unpaired) electrons. The summed E-state index contributed by atoms with van der Waals surface area (Å²) in [6.45, 7) is 2.00. The van der Waals surface area contributed by atoms with E-state index in [0.29, 0.717) is 11.1 Å². The molecule has 5 heteroatoms. The fraction of sp³-hybridized carbons (Fsp3) is 0.308. The smallest absolute Gasteiger partial charge is 0.131 e. The topological polar surface area (TPSA) is 43.8 Å². The number of rotatable bonds is 2. The van der Waals surface area contributed by atoms with Crippen LogP contribution in [0.2, 0.25) is 5.02 Å². The van der Waals surface area contributed by atoms with Crippen LogP contribution in [-0.2, 0) is 0 Å². The zero-order valence-electron chi connectivity index (χ0n) is 9.95. The fourth-order valence-electron chi connectivity index (χ4n) is 2.21. The van der Waals surface area contributed by atoms with Gasteiger partial charge in [0.15, 0.2) is 0 Å². The van der Waals surface area contributed by atoms with Crippen molar-refractivity contribution in [3.05, 3.63) is 33.5 Å². The minimum Gasteiger partial charge on any atom is -0.383 e. The molecule has 1 heterocycles. The Balaban J connectivity index is 2.11. The molecule has 3 rings (SSSR count). The molecule has 2 N–H and O–H groups in total. The molecule has 18 heavy (non-hydrogen) atoms. The van der Waals surface area contributed by atoms with Crippen LogP contribution in [0.15, 0.2) is 22.7 Å². The highest BCUT2D eigenvalue weighted by molar-refractivity contribution is 9.10. The number of anilines is 1. The molecule has 1 aliphatic carbocycles. The van der Waals surface area contributed by atoms with E-state index in [1.165, 1.54) is 12.8 Å². The van der Waals surface area contributed by atoms with Crippen LogP contribution in [0.25, 0.3) is 11.3 Å². The molecule has 2 aromatic rings. The third kappa shape index (κ3) is 1.93. The van der Waals surface area contributed by atoms with Gasteiger partial charge in [-0.1, -0.05) is 17.7 Å². The number of halogens is 2. The lowest BCUT2D eigenvalue weighted by atomic mass is 10.1. The summed E-state index contributed by atoms with van der Waals surface area (Å²) in [4.78, 5) is 4.58. The van der Waals surface area contributed by atoms with E-state index in [4.69, 9.17) is 17.3 Å². The maximum atomic E-state index is 6.21. The van der Waals surface area contributed by atoms with Crippen molar-refractivity contribution in [2.75, 3.05) is 5.73 Å². The first kappa shape index (κ1) is 12.1. The minimum atomic E-state index is 0.539. The highest BCUT2D eigenvalue weighted by Gasteiger charge is 2.28. The van der Waals surface area contributed by atoms with Gasteiger partial charge in [-0.25, -0.2) is 4.98 Å². The second-order valence-corrected chi connectivity index (χ2v) is 5.88. The number of nitrogen functional groups attached to an aromatic ring is 1. The monoisotopic (exact) mass is 325 g/mol. The minimum absolute atomic E-state index is 0.539. The van der Waals surface area contributed by atoms with Crippen LogP contribution in [-0.4, -0.2) is 9.55 Å². The van der Waals surface area contributed by atoms with Gasteiger partial charge in [0, 0.05) is 16.1 Å². The molecule has 1 aromatic heterocycles. The van der Waals surface area contributed by atoms with Gasteiger partial charge in [0.05, 0.1) is 5.02 Å². The Morgan fingerprint density at radius 2 is 2.17 bits per heavy atom. The first-order chi connectivity index (χ1) is 8.58. The van der Waals surface area contributed by atoms with Crippen LogP contribution in [0.4, 0.5) is 5.82 Å². The van der Waals surface area contributed by atoms with Crippen molar-refractivity contribution in [1.29, 1.82) is 0 Å². The van der Waals surface area contributed by atoms with Gasteiger partial charge in [-0.15, -0.1) is 0 Å². The van der Waals surface area contributed by atoms with Crippen LogP contribution < -0.4 is 5.73 Å². The Hall–Kier alpha value is -1.00. The fourth-order valence-corrected chi connectivity index (χ4v) is 2.64. The number of nitrogens with two attached hydrogens (primary N) is 1. The highest BCUT2D eigenvalue weighted by Crippen LogP contribution is 2.41. The summed E-state index contributed by atoms with van der Waals surface area (Å²) in [5.41, 5.74) is 8.00. The van der Waals surface area contributed by atoms with E-state index in [1.807, 2.05) is 25.1 Å². The SMILES string of the molecule is Cc1nc(-c2ccc(Br)c(Cl)c2)c(N)n1C1CC1. The number of benzene rings is 1. The third-order valence-corrected chi connectivity index (χ3v) is 4.46. The Morgan fingerprint density at radius 1 is 1.44 bits per heavy atom. The lowest BCUT2D eigenvalue weighted by Crippen LogP contribution is -2.02. The molecule has 0 aliphatic heterocycles. The van der Waals surface area contributed by atoms with E-state index in [1.54, 1.807) is 0 Å². The molecule has 1 aliphatic rings. The highest BCUT2D eigenvalue weighted by atomic mass is 79.9. The van der Waals surface area contributed by atoms with Crippen molar-refractivity contribution >= 4 is 33.3 Å². The molecular formula is C13H13BrClN3. The van der Waals surface area contributed by atoms with E-state index in [0.717, 1.165) is 27.4 Å². The molecule has 0 spiro atoms. The largest absolute Gasteiger partial charge is 0.383 e. The summed E-state index contributed by atoms with van der Waals surface area (Å²) in [6.07, 6.45) is 2.39. The number of aryl methyl sites for hydroxylation is 1. The summed E-state index contributed by atoms with van der Waals surface area (Å²) in [7, 11) is 0. The molecule has 0 saturated heterocycles. The lowest BCUT2D eigenvalue weighted by Gasteiger charge is -2.05. The molecule has 0 unspecified atom stereocenters. The van der Waals surface area contributed by atoms with E-state index >= 15 is 0 Å². The number of imidazole rings is 1. The number of hydrogen-bond donors (Lipinski definition) is 1. The average molecular weight is 327 g/mol. The van der Waals surface area contributed by atoms with Gasteiger partial charge < -0.3 is 10.3 Å². The van der Waals surface area contributed by atoms with Crippen LogP contribution in [0.3, 0.4) is 0 Å². The van der Waals surface area contributed by atoms with Crippen LogP contribution in [0.1, 0.15) is 24.7 Å². The molecule has 0 atom stereocenters. The Bertz CT molecular complexity index is 617. The van der Waals surface area contributed by atoms with Crippen molar-refractivity contribution in [3.63, 3.8) is 0 Å². The average Bonchev–Trinajstić information content (AvgIpc) is 3.10. The first-order valence-electron chi connectivity index (χ1n) is 5.87. The van der Waals surface area contributed by atoms with E-state index in [9.17, 15) is 0 Å². The molecule has 1 aromatic carbocycles. The standard InChI is InChI=1S/C13H13BrClN3/c1-7-17-12(13(16)18(7)9-3-4-9)8-2-5-10(14)11(15)6-8/h2,5-6,9H,3-4,16H2,1H3. The van der Waals surface area contributed by atoms with Gasteiger partial charge in [-0.05, 0) is 47.8 Å². The molecule has 0 bridgehead atoms. The van der Waals surface area contributed by atoms with Gasteiger partial charge >= 0.3 is 0 Å². The Kier molecular flexibility index (Phi) is 2.87. The molecular weight excluding hydrogens is 314 g/mol. The zero-order valence-corrected chi connectivity index (χ0v) is 12.3.